The first-order chi connectivity index (χ1) is 4.54. The molecule has 2 nitrogen and oxygen atoms in total. The van der Waals surface area contributed by atoms with Crippen molar-refractivity contribution in [3.8, 4) is 0 Å². The quantitative estimate of drug-likeness (QED) is 0.540. The number of rotatable bonds is 0. The first kappa shape index (κ1) is 12.9. The molecule has 0 rings (SSSR count). The Hall–Kier alpha value is 0.300. The van der Waals surface area contributed by atoms with Crippen LogP contribution >= 0.6 is 0 Å². The molecule has 0 fully saturated rings. The molecular formula is C6H18N2S2. The van der Waals surface area contributed by atoms with E-state index in [1.54, 1.807) is 0 Å². The van der Waals surface area contributed by atoms with Crippen LogP contribution in [0.25, 0.3) is 0 Å². The summed E-state index contributed by atoms with van der Waals surface area (Å²) in [7, 11) is 4.28. The standard InChI is InChI=1S/2C3H9NS/c2*1-4-5(2)3/h2*1-3H3. The van der Waals surface area contributed by atoms with E-state index in [-0.39, 0.29) is 0 Å². The van der Waals surface area contributed by atoms with Crippen molar-refractivity contribution in [1.29, 1.82) is 0 Å². The summed E-state index contributed by atoms with van der Waals surface area (Å²) in [6.45, 7) is 0. The summed E-state index contributed by atoms with van der Waals surface area (Å²) in [5, 5.41) is 0. The maximum Gasteiger partial charge on any atom is 0.0346 e. The maximum absolute atomic E-state index is 3.92. The van der Waals surface area contributed by atoms with Gasteiger partial charge in [0.15, 0.2) is 0 Å². The third-order valence-corrected chi connectivity index (χ3v) is 2.19. The predicted molar refractivity (Wildman–Crippen MR) is 55.1 cm³/mol. The normalized spacial score (nSPS) is 8.80. The van der Waals surface area contributed by atoms with Crippen LogP contribution in [0.5, 0.6) is 0 Å². The molecule has 0 unspecified atom stereocenters. The highest BCUT2D eigenvalue weighted by Crippen LogP contribution is 1.64. The monoisotopic (exact) mass is 182 g/mol. The van der Waals surface area contributed by atoms with Gasteiger partial charge in [-0.25, -0.2) is 0 Å². The highest BCUT2D eigenvalue weighted by Gasteiger charge is 1.58. The zero-order valence-electron chi connectivity index (χ0n) is 7.71. The summed E-state index contributed by atoms with van der Waals surface area (Å²) in [5.41, 5.74) is 0. The first-order valence-corrected chi connectivity index (χ1v) is 6.89. The van der Waals surface area contributed by atoms with Gasteiger partial charge in [-0.15, -0.1) is 21.4 Å². The summed E-state index contributed by atoms with van der Waals surface area (Å²) >= 11 is 0. The minimum Gasteiger partial charge on any atom is -0.269 e. The molecule has 0 aliphatic rings. The molecule has 0 heterocycles. The van der Waals surface area contributed by atoms with E-state index in [0.717, 1.165) is 0 Å². The van der Waals surface area contributed by atoms with E-state index in [9.17, 15) is 0 Å². The molecule has 0 bridgehead atoms. The van der Waals surface area contributed by atoms with Crippen LogP contribution in [0.2, 0.25) is 0 Å². The van der Waals surface area contributed by atoms with E-state index in [1.165, 1.54) is 0 Å². The second-order valence-electron chi connectivity index (χ2n) is 1.91. The molecule has 4 heteroatoms. The van der Waals surface area contributed by atoms with Gasteiger partial charge in [-0.3, -0.25) is 8.73 Å². The van der Waals surface area contributed by atoms with Crippen LogP contribution in [0.3, 0.4) is 0 Å². The Labute approximate surface area is 69.6 Å². The van der Waals surface area contributed by atoms with Crippen LogP contribution in [0.1, 0.15) is 0 Å². The van der Waals surface area contributed by atoms with Crippen LogP contribution in [-0.4, -0.2) is 39.1 Å². The number of nitrogens with zero attached hydrogens (tertiary/aromatic N) is 2. The van der Waals surface area contributed by atoms with Crippen LogP contribution < -0.4 is 0 Å². The Balaban J connectivity index is 0. The Bertz CT molecular complexity index is 106. The zero-order chi connectivity index (χ0) is 8.57. The molecule has 0 amide bonds. The van der Waals surface area contributed by atoms with Gasteiger partial charge in [0.2, 0.25) is 0 Å². The highest BCUT2D eigenvalue weighted by molar-refractivity contribution is 7.86. The average Bonchev–Trinajstić information content (AvgIpc) is 1.89. The Morgan fingerprint density at radius 3 is 0.800 bits per heavy atom. The molecule has 0 radical (unpaired) electrons. The molecule has 0 N–H and O–H groups in total. The maximum atomic E-state index is 3.92. The molecule has 0 aromatic rings. The van der Waals surface area contributed by atoms with Gasteiger partial charge in [0, 0.05) is 14.1 Å². The molecule has 10 heavy (non-hydrogen) atoms. The van der Waals surface area contributed by atoms with Crippen molar-refractivity contribution in [2.24, 2.45) is 8.73 Å². The van der Waals surface area contributed by atoms with Crippen molar-refractivity contribution in [3.05, 3.63) is 0 Å². The van der Waals surface area contributed by atoms with E-state index in [0.29, 0.717) is 21.4 Å². The molecular weight excluding hydrogens is 164 g/mol. The largest absolute Gasteiger partial charge is 0.269 e. The summed E-state index contributed by atoms with van der Waals surface area (Å²) in [5.74, 6) is 0. The fourth-order valence-electron chi connectivity index (χ4n) is 0. The molecule has 0 aliphatic heterocycles. The van der Waals surface area contributed by atoms with Gasteiger partial charge in [-0.05, 0) is 25.0 Å². The lowest BCUT2D eigenvalue weighted by molar-refractivity contribution is 1.51. The molecule has 0 atom stereocenters. The highest BCUT2D eigenvalue weighted by atomic mass is 32.2. The lowest BCUT2D eigenvalue weighted by Crippen LogP contribution is -1.72. The molecule has 0 aliphatic carbocycles. The Kier molecular flexibility index (Phi) is 12.0. The molecule has 0 saturated carbocycles. The van der Waals surface area contributed by atoms with Crippen molar-refractivity contribution in [2.45, 2.75) is 0 Å². The summed E-state index contributed by atoms with van der Waals surface area (Å²) in [6.07, 6.45) is 8.33. The summed E-state index contributed by atoms with van der Waals surface area (Å²) in [4.78, 5) is 0. The van der Waals surface area contributed by atoms with E-state index < -0.39 is 0 Å². The Morgan fingerprint density at radius 1 is 0.700 bits per heavy atom. The van der Waals surface area contributed by atoms with Gasteiger partial charge in [0.25, 0.3) is 0 Å². The fraction of sp³-hybridized carbons (Fsp3) is 1.00. The SMILES string of the molecule is CN=S(C)C.CN=S(C)C. The van der Waals surface area contributed by atoms with E-state index in [1.807, 2.05) is 14.1 Å². The first-order valence-electron chi connectivity index (χ1n) is 2.89. The molecule has 64 valence electrons. The van der Waals surface area contributed by atoms with Crippen LogP contribution in [0.15, 0.2) is 8.73 Å². The fourth-order valence-corrected chi connectivity index (χ4v) is 0. The summed E-state index contributed by atoms with van der Waals surface area (Å²) in [6, 6.07) is 0. The second kappa shape index (κ2) is 9.30. The lowest BCUT2D eigenvalue weighted by atomic mass is 11.6. The third-order valence-electron chi connectivity index (χ3n) is 0.730. The van der Waals surface area contributed by atoms with Crippen molar-refractivity contribution < 1.29 is 0 Å². The van der Waals surface area contributed by atoms with Gasteiger partial charge in [0.1, 0.15) is 0 Å². The predicted octanol–water partition coefficient (Wildman–Crippen LogP) is 1.36. The Morgan fingerprint density at radius 2 is 0.800 bits per heavy atom. The topological polar surface area (TPSA) is 24.7 Å². The van der Waals surface area contributed by atoms with Crippen LogP contribution in [0, 0.1) is 0 Å². The van der Waals surface area contributed by atoms with Crippen LogP contribution in [-0.2, 0) is 21.4 Å². The molecule has 0 saturated heterocycles. The molecule has 0 aromatic carbocycles. The van der Waals surface area contributed by atoms with Gasteiger partial charge in [-0.2, -0.15) is 0 Å². The second-order valence-corrected chi connectivity index (χ2v) is 5.74. The van der Waals surface area contributed by atoms with E-state index in [4.69, 9.17) is 0 Å². The lowest BCUT2D eigenvalue weighted by Gasteiger charge is -1.77. The van der Waals surface area contributed by atoms with Gasteiger partial charge in [-0.1, -0.05) is 0 Å². The smallest absolute Gasteiger partial charge is 0.0346 e. The van der Waals surface area contributed by atoms with Gasteiger partial charge in [0.05, 0.1) is 0 Å². The van der Waals surface area contributed by atoms with Crippen molar-refractivity contribution >= 4 is 21.4 Å². The third kappa shape index (κ3) is 23.9. The number of hydrogen-bond donors (Lipinski definition) is 0. The van der Waals surface area contributed by atoms with Gasteiger partial charge >= 0.3 is 0 Å². The van der Waals surface area contributed by atoms with Gasteiger partial charge < -0.3 is 0 Å². The van der Waals surface area contributed by atoms with Crippen molar-refractivity contribution in [3.63, 3.8) is 0 Å². The number of hydrogen-bond acceptors (Lipinski definition) is 2. The molecule has 0 spiro atoms. The van der Waals surface area contributed by atoms with Crippen LogP contribution in [0.4, 0.5) is 0 Å². The summed E-state index contributed by atoms with van der Waals surface area (Å²) < 4.78 is 7.83. The minimum absolute atomic E-state index is 0.302. The zero-order valence-corrected chi connectivity index (χ0v) is 9.34. The average molecular weight is 182 g/mol. The van der Waals surface area contributed by atoms with Crippen molar-refractivity contribution in [2.75, 3.05) is 39.1 Å². The van der Waals surface area contributed by atoms with E-state index in [2.05, 4.69) is 33.7 Å². The van der Waals surface area contributed by atoms with Crippen molar-refractivity contribution in [1.82, 2.24) is 0 Å². The minimum atomic E-state index is 0.302. The molecule has 0 aromatic heterocycles. The van der Waals surface area contributed by atoms with E-state index >= 15 is 0 Å².